The van der Waals surface area contributed by atoms with Crippen LogP contribution in [0.5, 0.6) is 0 Å². The lowest BCUT2D eigenvalue weighted by molar-refractivity contribution is -0.143. The molecule has 0 saturated carbocycles. The quantitative estimate of drug-likeness (QED) is 0.576. The Morgan fingerprint density at radius 1 is 1.35 bits per heavy atom. The van der Waals surface area contributed by atoms with Crippen LogP contribution in [0, 0.1) is 0 Å². The first-order valence-corrected chi connectivity index (χ1v) is 5.39. The van der Waals surface area contributed by atoms with E-state index in [9.17, 15) is 9.59 Å². The standard InChI is InChI=1S/C12H16N2O3/c1-2-17-12(16)8-14-11(15)7-9-5-3-4-6-10(9)13/h3-6H,2,7-8,13H2,1H3,(H,14,15). The molecule has 0 fully saturated rings. The van der Waals surface area contributed by atoms with E-state index in [1.165, 1.54) is 0 Å². The van der Waals surface area contributed by atoms with E-state index in [-0.39, 0.29) is 18.9 Å². The number of carbonyl (C=O) groups is 2. The van der Waals surface area contributed by atoms with Crippen LogP contribution < -0.4 is 11.1 Å². The lowest BCUT2D eigenvalue weighted by Crippen LogP contribution is -2.31. The van der Waals surface area contributed by atoms with Crippen molar-refractivity contribution in [2.75, 3.05) is 18.9 Å². The highest BCUT2D eigenvalue weighted by atomic mass is 16.5. The minimum atomic E-state index is -0.443. The zero-order valence-electron chi connectivity index (χ0n) is 9.73. The minimum absolute atomic E-state index is 0.112. The molecular weight excluding hydrogens is 220 g/mol. The predicted octanol–water partition coefficient (Wildman–Crippen LogP) is 0.491. The fourth-order valence-corrected chi connectivity index (χ4v) is 1.31. The molecule has 0 bridgehead atoms. The molecule has 0 aromatic heterocycles. The molecule has 1 aromatic rings. The van der Waals surface area contributed by atoms with Gasteiger partial charge in [-0.2, -0.15) is 0 Å². The molecule has 0 atom stereocenters. The molecule has 5 nitrogen and oxygen atoms in total. The number of amides is 1. The van der Waals surface area contributed by atoms with Crippen molar-refractivity contribution in [2.24, 2.45) is 0 Å². The molecule has 5 heteroatoms. The summed E-state index contributed by atoms with van der Waals surface area (Å²) in [6.07, 6.45) is 0.159. The largest absolute Gasteiger partial charge is 0.465 e. The first kappa shape index (κ1) is 13.0. The summed E-state index contributed by atoms with van der Waals surface area (Å²) < 4.78 is 4.69. The van der Waals surface area contributed by atoms with E-state index >= 15 is 0 Å². The van der Waals surface area contributed by atoms with Crippen LogP contribution >= 0.6 is 0 Å². The van der Waals surface area contributed by atoms with E-state index in [0.717, 1.165) is 5.56 Å². The maximum atomic E-state index is 11.5. The van der Waals surface area contributed by atoms with Crippen LogP contribution in [0.3, 0.4) is 0 Å². The van der Waals surface area contributed by atoms with Gasteiger partial charge in [0.25, 0.3) is 0 Å². The van der Waals surface area contributed by atoms with Gasteiger partial charge in [-0.1, -0.05) is 18.2 Å². The second kappa shape index (κ2) is 6.52. The molecule has 92 valence electrons. The van der Waals surface area contributed by atoms with Crippen molar-refractivity contribution < 1.29 is 14.3 Å². The van der Waals surface area contributed by atoms with Crippen LogP contribution in [-0.2, 0) is 20.7 Å². The first-order chi connectivity index (χ1) is 8.13. The van der Waals surface area contributed by atoms with E-state index in [2.05, 4.69) is 10.1 Å². The molecule has 0 heterocycles. The van der Waals surface area contributed by atoms with Crippen LogP contribution in [0.1, 0.15) is 12.5 Å². The average Bonchev–Trinajstić information content (AvgIpc) is 2.30. The third-order valence-corrected chi connectivity index (χ3v) is 2.14. The average molecular weight is 236 g/mol. The van der Waals surface area contributed by atoms with Gasteiger partial charge in [-0.05, 0) is 18.6 Å². The third-order valence-electron chi connectivity index (χ3n) is 2.14. The van der Waals surface area contributed by atoms with Gasteiger partial charge in [-0.15, -0.1) is 0 Å². The van der Waals surface area contributed by atoms with E-state index in [0.29, 0.717) is 12.3 Å². The molecule has 1 amide bonds. The predicted molar refractivity (Wildman–Crippen MR) is 64.2 cm³/mol. The maximum Gasteiger partial charge on any atom is 0.325 e. The van der Waals surface area contributed by atoms with Gasteiger partial charge in [-0.25, -0.2) is 0 Å². The second-order valence-corrected chi connectivity index (χ2v) is 3.46. The van der Waals surface area contributed by atoms with Crippen LogP contribution in [-0.4, -0.2) is 25.0 Å². The van der Waals surface area contributed by atoms with Gasteiger partial charge in [0.1, 0.15) is 6.54 Å². The number of rotatable bonds is 5. The number of nitrogens with one attached hydrogen (secondary N) is 1. The molecule has 17 heavy (non-hydrogen) atoms. The number of para-hydroxylation sites is 1. The highest BCUT2D eigenvalue weighted by molar-refractivity contribution is 5.84. The summed E-state index contributed by atoms with van der Waals surface area (Å²) in [5.74, 6) is -0.696. The molecule has 0 unspecified atom stereocenters. The van der Waals surface area contributed by atoms with E-state index in [4.69, 9.17) is 5.73 Å². The maximum absolute atomic E-state index is 11.5. The summed E-state index contributed by atoms with van der Waals surface area (Å²) in [6, 6.07) is 7.12. The molecule has 0 radical (unpaired) electrons. The van der Waals surface area contributed by atoms with Crippen molar-refractivity contribution in [3.63, 3.8) is 0 Å². The number of anilines is 1. The summed E-state index contributed by atoms with van der Waals surface area (Å²) in [4.78, 5) is 22.5. The van der Waals surface area contributed by atoms with E-state index in [1.54, 1.807) is 25.1 Å². The molecule has 1 rings (SSSR count). The lowest BCUT2D eigenvalue weighted by atomic mass is 10.1. The van der Waals surface area contributed by atoms with Crippen LogP contribution in [0.4, 0.5) is 5.69 Å². The Kier molecular flexibility index (Phi) is 5.00. The Hall–Kier alpha value is -2.04. The number of hydrogen-bond donors (Lipinski definition) is 2. The summed E-state index contributed by atoms with van der Waals surface area (Å²) in [5.41, 5.74) is 7.01. The number of benzene rings is 1. The van der Waals surface area contributed by atoms with Gasteiger partial charge in [0, 0.05) is 5.69 Å². The zero-order chi connectivity index (χ0) is 12.7. The number of hydrogen-bond acceptors (Lipinski definition) is 4. The number of carbonyl (C=O) groups excluding carboxylic acids is 2. The smallest absolute Gasteiger partial charge is 0.325 e. The molecule has 0 aliphatic rings. The Morgan fingerprint density at radius 3 is 2.71 bits per heavy atom. The summed E-state index contributed by atoms with van der Waals surface area (Å²) in [5, 5.41) is 2.47. The SMILES string of the molecule is CCOC(=O)CNC(=O)Cc1ccccc1N. The Balaban J connectivity index is 2.40. The van der Waals surface area contributed by atoms with Crippen molar-refractivity contribution >= 4 is 17.6 Å². The Morgan fingerprint density at radius 2 is 2.06 bits per heavy atom. The van der Waals surface area contributed by atoms with Crippen molar-refractivity contribution in [2.45, 2.75) is 13.3 Å². The summed E-state index contributed by atoms with van der Waals surface area (Å²) in [7, 11) is 0. The molecule has 1 aromatic carbocycles. The minimum Gasteiger partial charge on any atom is -0.465 e. The molecule has 0 aliphatic carbocycles. The number of esters is 1. The van der Waals surface area contributed by atoms with Crippen LogP contribution in [0.15, 0.2) is 24.3 Å². The van der Waals surface area contributed by atoms with E-state index < -0.39 is 5.97 Å². The van der Waals surface area contributed by atoms with Gasteiger partial charge in [0.2, 0.25) is 5.91 Å². The molecule has 0 spiro atoms. The fraction of sp³-hybridized carbons (Fsp3) is 0.333. The lowest BCUT2D eigenvalue weighted by Gasteiger charge is -2.06. The van der Waals surface area contributed by atoms with Crippen molar-refractivity contribution in [3.05, 3.63) is 29.8 Å². The first-order valence-electron chi connectivity index (χ1n) is 5.39. The zero-order valence-corrected chi connectivity index (χ0v) is 9.73. The molecule has 3 N–H and O–H groups in total. The van der Waals surface area contributed by atoms with Gasteiger partial charge in [-0.3, -0.25) is 9.59 Å². The van der Waals surface area contributed by atoms with Gasteiger partial charge in [0.15, 0.2) is 0 Å². The fourth-order valence-electron chi connectivity index (χ4n) is 1.31. The van der Waals surface area contributed by atoms with Gasteiger partial charge < -0.3 is 15.8 Å². The van der Waals surface area contributed by atoms with E-state index in [1.807, 2.05) is 6.07 Å². The van der Waals surface area contributed by atoms with Crippen molar-refractivity contribution in [3.8, 4) is 0 Å². The van der Waals surface area contributed by atoms with Crippen LogP contribution in [0.25, 0.3) is 0 Å². The normalized spacial score (nSPS) is 9.71. The monoisotopic (exact) mass is 236 g/mol. The molecule has 0 saturated heterocycles. The third kappa shape index (κ3) is 4.55. The highest BCUT2D eigenvalue weighted by Crippen LogP contribution is 2.10. The Labute approximate surface area is 99.9 Å². The Bertz CT molecular complexity index is 404. The summed E-state index contributed by atoms with van der Waals surface area (Å²) >= 11 is 0. The summed E-state index contributed by atoms with van der Waals surface area (Å²) in [6.45, 7) is 1.91. The highest BCUT2D eigenvalue weighted by Gasteiger charge is 2.08. The van der Waals surface area contributed by atoms with Crippen LogP contribution in [0.2, 0.25) is 0 Å². The van der Waals surface area contributed by atoms with Crippen molar-refractivity contribution in [1.29, 1.82) is 0 Å². The van der Waals surface area contributed by atoms with Crippen molar-refractivity contribution in [1.82, 2.24) is 5.32 Å². The number of ether oxygens (including phenoxy) is 1. The number of nitrogens with two attached hydrogens (primary N) is 1. The second-order valence-electron chi connectivity index (χ2n) is 3.46. The van der Waals surface area contributed by atoms with Gasteiger partial charge >= 0.3 is 5.97 Å². The van der Waals surface area contributed by atoms with Gasteiger partial charge in [0.05, 0.1) is 13.0 Å². The topological polar surface area (TPSA) is 81.4 Å². The number of nitrogen functional groups attached to an aromatic ring is 1. The molecular formula is C12H16N2O3. The molecule has 0 aliphatic heterocycles.